The Hall–Kier alpha value is -4.83. The summed E-state index contributed by atoms with van der Waals surface area (Å²) in [4.78, 5) is 52.3. The van der Waals surface area contributed by atoms with E-state index in [2.05, 4.69) is 16.0 Å². The Labute approximate surface area is 253 Å². The van der Waals surface area contributed by atoms with Gasteiger partial charge in [0.25, 0.3) is 5.91 Å². The summed E-state index contributed by atoms with van der Waals surface area (Å²) in [5.41, 5.74) is 3.76. The minimum Gasteiger partial charge on any atom is -0.480 e. The Morgan fingerprint density at radius 3 is 2.33 bits per heavy atom. The van der Waals surface area contributed by atoms with Gasteiger partial charge in [-0.1, -0.05) is 72.8 Å². The zero-order valence-corrected chi connectivity index (χ0v) is 24.4. The van der Waals surface area contributed by atoms with Crippen LogP contribution in [0.4, 0.5) is 16.2 Å². The molecule has 4 amide bonds. The maximum absolute atomic E-state index is 13.2. The third kappa shape index (κ3) is 7.52. The predicted molar refractivity (Wildman–Crippen MR) is 169 cm³/mol. The van der Waals surface area contributed by atoms with Gasteiger partial charge >= 0.3 is 12.0 Å². The zero-order chi connectivity index (χ0) is 30.3. The van der Waals surface area contributed by atoms with Crippen LogP contribution in [0.2, 0.25) is 0 Å². The summed E-state index contributed by atoms with van der Waals surface area (Å²) in [5.74, 6) is -1.29. The fourth-order valence-corrected chi connectivity index (χ4v) is 6.11. The largest absolute Gasteiger partial charge is 0.480 e. The first-order chi connectivity index (χ1) is 20.8. The Morgan fingerprint density at radius 1 is 0.884 bits per heavy atom. The van der Waals surface area contributed by atoms with Crippen molar-refractivity contribution in [2.24, 2.45) is 0 Å². The average Bonchev–Trinajstić information content (AvgIpc) is 3.49. The highest BCUT2D eigenvalue weighted by molar-refractivity contribution is 8.00. The van der Waals surface area contributed by atoms with Gasteiger partial charge in [-0.05, 0) is 52.6 Å². The molecule has 220 valence electrons. The number of carboxylic acids is 1. The zero-order valence-electron chi connectivity index (χ0n) is 23.6. The number of thioether (sulfide) groups is 1. The minimum atomic E-state index is -1.14. The number of aryl methyl sites for hydroxylation is 1. The first-order valence-electron chi connectivity index (χ1n) is 13.9. The number of amides is 4. The number of carbonyl (C=O) groups is 4. The third-order valence-electron chi connectivity index (χ3n) is 7.26. The number of benzene rings is 4. The van der Waals surface area contributed by atoms with Crippen molar-refractivity contribution < 1.29 is 24.3 Å². The van der Waals surface area contributed by atoms with Gasteiger partial charge in [-0.2, -0.15) is 0 Å². The molecule has 0 aliphatic carbocycles. The highest BCUT2D eigenvalue weighted by Crippen LogP contribution is 2.26. The molecule has 0 bridgehead atoms. The van der Waals surface area contributed by atoms with Gasteiger partial charge in [0.1, 0.15) is 6.04 Å². The van der Waals surface area contributed by atoms with Crippen LogP contribution in [0, 0.1) is 6.92 Å². The molecule has 1 saturated heterocycles. The number of aliphatic carboxylic acids is 1. The van der Waals surface area contributed by atoms with E-state index in [1.165, 1.54) is 16.7 Å². The maximum atomic E-state index is 13.2. The van der Waals surface area contributed by atoms with E-state index in [4.69, 9.17) is 0 Å². The first-order valence-corrected chi connectivity index (χ1v) is 15.0. The highest BCUT2D eigenvalue weighted by Gasteiger charge is 2.36. The summed E-state index contributed by atoms with van der Waals surface area (Å²) in [7, 11) is 0. The highest BCUT2D eigenvalue weighted by atomic mass is 32.2. The smallest absolute Gasteiger partial charge is 0.326 e. The van der Waals surface area contributed by atoms with Gasteiger partial charge in [-0.3, -0.25) is 9.59 Å². The number of anilines is 2. The van der Waals surface area contributed by atoms with Crippen molar-refractivity contribution in [1.82, 2.24) is 10.2 Å². The van der Waals surface area contributed by atoms with Crippen molar-refractivity contribution in [2.45, 2.75) is 31.2 Å². The number of urea groups is 1. The van der Waals surface area contributed by atoms with Crippen molar-refractivity contribution in [3.05, 3.63) is 108 Å². The quantitative estimate of drug-likeness (QED) is 0.214. The van der Waals surface area contributed by atoms with E-state index in [9.17, 15) is 24.3 Å². The van der Waals surface area contributed by atoms with Gasteiger partial charge < -0.3 is 26.0 Å². The molecule has 4 N–H and O–H groups in total. The molecule has 0 aromatic heterocycles. The van der Waals surface area contributed by atoms with Crippen molar-refractivity contribution in [3.8, 4) is 0 Å². The van der Waals surface area contributed by atoms with E-state index < -0.39 is 23.3 Å². The van der Waals surface area contributed by atoms with Crippen LogP contribution >= 0.6 is 11.8 Å². The summed E-state index contributed by atoms with van der Waals surface area (Å²) in [6, 6.07) is 26.4. The number of hydrogen-bond donors (Lipinski definition) is 4. The van der Waals surface area contributed by atoms with Crippen molar-refractivity contribution in [1.29, 1.82) is 0 Å². The lowest BCUT2D eigenvalue weighted by Crippen LogP contribution is -2.51. The predicted octanol–water partition coefficient (Wildman–Crippen LogP) is 5.05. The van der Waals surface area contributed by atoms with E-state index in [0.717, 1.165) is 27.5 Å². The summed E-state index contributed by atoms with van der Waals surface area (Å²) < 4.78 is 0. The molecule has 10 heteroatoms. The van der Waals surface area contributed by atoms with Crippen LogP contribution in [0.3, 0.4) is 0 Å². The van der Waals surface area contributed by atoms with Crippen LogP contribution in [0.15, 0.2) is 91.0 Å². The number of para-hydroxylation sites is 1. The normalized spacial score (nSPS) is 15.1. The Morgan fingerprint density at radius 2 is 1.58 bits per heavy atom. The molecule has 0 unspecified atom stereocenters. The van der Waals surface area contributed by atoms with Crippen molar-refractivity contribution in [2.75, 3.05) is 22.9 Å². The molecule has 1 aliphatic heterocycles. The van der Waals surface area contributed by atoms with E-state index in [0.29, 0.717) is 23.7 Å². The van der Waals surface area contributed by atoms with E-state index in [1.54, 1.807) is 24.3 Å². The topological polar surface area (TPSA) is 128 Å². The molecular weight excluding hydrogens is 564 g/mol. The van der Waals surface area contributed by atoms with Gasteiger partial charge in [-0.15, -0.1) is 11.8 Å². The van der Waals surface area contributed by atoms with Crippen LogP contribution in [-0.2, 0) is 27.2 Å². The van der Waals surface area contributed by atoms with Gasteiger partial charge in [0, 0.05) is 30.1 Å². The number of fused-ring (bicyclic) bond motifs is 1. The van der Waals surface area contributed by atoms with Crippen molar-refractivity contribution in [3.63, 3.8) is 0 Å². The lowest BCUT2D eigenvalue weighted by Gasteiger charge is -2.25. The van der Waals surface area contributed by atoms with Crippen molar-refractivity contribution >= 4 is 57.7 Å². The summed E-state index contributed by atoms with van der Waals surface area (Å²) >= 11 is 1.32. The third-order valence-corrected chi connectivity index (χ3v) is 8.47. The molecule has 4 aromatic carbocycles. The maximum Gasteiger partial charge on any atom is 0.326 e. The number of carboxylic acid groups (broad SMARTS) is 1. The fourth-order valence-electron chi connectivity index (χ4n) is 4.97. The number of rotatable bonds is 9. The first kappa shape index (κ1) is 29.7. The number of carbonyl (C=O) groups excluding carboxylic acids is 3. The van der Waals surface area contributed by atoms with Gasteiger partial charge in [0.15, 0.2) is 5.37 Å². The second-order valence-corrected chi connectivity index (χ2v) is 11.6. The average molecular weight is 597 g/mol. The molecule has 2 atom stereocenters. The summed E-state index contributed by atoms with van der Waals surface area (Å²) in [6.07, 6.45) is 0.195. The van der Waals surface area contributed by atoms with Crippen LogP contribution < -0.4 is 16.0 Å². The molecule has 1 fully saturated rings. The molecule has 0 saturated carbocycles. The Kier molecular flexibility index (Phi) is 9.26. The standard InChI is InChI=1S/C33H32N4O5S/c1-21-6-2-5-9-27(21)36-33(42)34-26-14-11-22(12-15-26)20-29(38)37-16-17-43-31(37)30(39)35-28(32(40)41)19-23-10-13-24-7-3-4-8-25(24)18-23/h2-15,18,28,31H,16-17,19-20H2,1H3,(H,35,39)(H,40,41)(H2,34,36,42)/t28-,31-/m0/s1. The second kappa shape index (κ2) is 13.4. The monoisotopic (exact) mass is 596 g/mol. The van der Waals surface area contributed by atoms with E-state index in [-0.39, 0.29) is 24.8 Å². The Bertz CT molecular complexity index is 1660. The Balaban J connectivity index is 1.16. The van der Waals surface area contributed by atoms with Crippen LogP contribution in [0.1, 0.15) is 16.7 Å². The van der Waals surface area contributed by atoms with Gasteiger partial charge in [0.05, 0.1) is 6.42 Å². The SMILES string of the molecule is Cc1ccccc1NC(=O)Nc1ccc(CC(=O)N2CCS[C@H]2C(=O)N[C@@H](Cc2ccc3ccccc3c2)C(=O)O)cc1. The number of nitrogens with zero attached hydrogens (tertiary/aromatic N) is 1. The molecule has 0 radical (unpaired) electrons. The molecule has 0 spiro atoms. The lowest BCUT2D eigenvalue weighted by molar-refractivity contribution is -0.142. The van der Waals surface area contributed by atoms with Crippen LogP contribution in [0.5, 0.6) is 0 Å². The molecule has 1 aliphatic rings. The van der Waals surface area contributed by atoms with Crippen LogP contribution in [0.25, 0.3) is 10.8 Å². The molecule has 9 nitrogen and oxygen atoms in total. The summed E-state index contributed by atoms with van der Waals surface area (Å²) in [6.45, 7) is 2.30. The van der Waals surface area contributed by atoms with Gasteiger partial charge in [-0.25, -0.2) is 9.59 Å². The molecule has 1 heterocycles. The minimum absolute atomic E-state index is 0.0689. The molecule has 5 rings (SSSR count). The molecule has 4 aromatic rings. The lowest BCUT2D eigenvalue weighted by atomic mass is 10.0. The van der Waals surface area contributed by atoms with Crippen LogP contribution in [-0.4, -0.2) is 57.5 Å². The van der Waals surface area contributed by atoms with Gasteiger partial charge in [0.2, 0.25) is 5.91 Å². The summed E-state index contributed by atoms with van der Waals surface area (Å²) in [5, 5.41) is 19.3. The number of nitrogens with one attached hydrogen (secondary N) is 3. The molecule has 43 heavy (non-hydrogen) atoms. The fraction of sp³-hybridized carbons (Fsp3) is 0.212. The second-order valence-electron chi connectivity index (χ2n) is 10.4. The number of hydrogen-bond acceptors (Lipinski definition) is 5. The molecular formula is C33H32N4O5S. The van der Waals surface area contributed by atoms with E-state index >= 15 is 0 Å². The van der Waals surface area contributed by atoms with E-state index in [1.807, 2.05) is 73.7 Å².